The van der Waals surface area contributed by atoms with Gasteiger partial charge in [-0.1, -0.05) is 19.3 Å². The molecule has 0 aliphatic heterocycles. The first kappa shape index (κ1) is 14.9. The van der Waals surface area contributed by atoms with Crippen molar-refractivity contribution >= 4 is 11.9 Å². The van der Waals surface area contributed by atoms with Gasteiger partial charge >= 0.3 is 5.97 Å². The van der Waals surface area contributed by atoms with Gasteiger partial charge in [-0.15, -0.1) is 0 Å². The maximum Gasteiger partial charge on any atom is 0.331 e. The van der Waals surface area contributed by atoms with Crippen LogP contribution in [0.15, 0.2) is 0 Å². The van der Waals surface area contributed by atoms with Crippen molar-refractivity contribution < 1.29 is 19.1 Å². The number of methoxy groups -OCH3 is 2. The van der Waals surface area contributed by atoms with Crippen molar-refractivity contribution in [2.24, 2.45) is 5.73 Å². The summed E-state index contributed by atoms with van der Waals surface area (Å²) in [5, 5.41) is 2.75. The lowest BCUT2D eigenvalue weighted by molar-refractivity contribution is -0.153. The van der Waals surface area contributed by atoms with E-state index < -0.39 is 11.6 Å². The van der Waals surface area contributed by atoms with Gasteiger partial charge in [0, 0.05) is 7.11 Å². The lowest BCUT2D eigenvalue weighted by Gasteiger charge is -2.35. The summed E-state index contributed by atoms with van der Waals surface area (Å²) >= 11 is 0. The summed E-state index contributed by atoms with van der Waals surface area (Å²) < 4.78 is 9.64. The molecule has 18 heavy (non-hydrogen) atoms. The van der Waals surface area contributed by atoms with Gasteiger partial charge in [-0.3, -0.25) is 4.79 Å². The first-order valence-corrected chi connectivity index (χ1v) is 6.20. The molecule has 0 heterocycles. The maximum atomic E-state index is 11.9. The van der Waals surface area contributed by atoms with Crippen molar-refractivity contribution in [3.63, 3.8) is 0 Å². The molecule has 0 bridgehead atoms. The Morgan fingerprint density at radius 1 is 1.28 bits per heavy atom. The molecular formula is C12H22N2O4. The number of amides is 1. The predicted octanol–water partition coefficient (Wildman–Crippen LogP) is -0.0478. The molecule has 0 saturated heterocycles. The van der Waals surface area contributed by atoms with E-state index in [0.717, 1.165) is 19.3 Å². The Bertz CT molecular complexity index is 300. The van der Waals surface area contributed by atoms with E-state index in [1.807, 2.05) is 0 Å². The Labute approximate surface area is 107 Å². The average Bonchev–Trinajstić information content (AvgIpc) is 2.39. The minimum Gasteiger partial charge on any atom is -0.467 e. The summed E-state index contributed by atoms with van der Waals surface area (Å²) in [5.41, 5.74) is 4.75. The van der Waals surface area contributed by atoms with E-state index in [0.29, 0.717) is 12.8 Å². The molecule has 6 heteroatoms. The zero-order valence-electron chi connectivity index (χ0n) is 11.0. The zero-order valence-corrected chi connectivity index (χ0v) is 11.0. The van der Waals surface area contributed by atoms with E-state index in [1.54, 1.807) is 0 Å². The SMILES string of the molecule is COCC(N)C(=O)NC1(C(=O)OC)CCCCC1. The van der Waals surface area contributed by atoms with Gasteiger partial charge in [0.15, 0.2) is 0 Å². The Morgan fingerprint density at radius 3 is 2.39 bits per heavy atom. The molecule has 0 aromatic carbocycles. The molecule has 0 aromatic heterocycles. The smallest absolute Gasteiger partial charge is 0.331 e. The van der Waals surface area contributed by atoms with Gasteiger partial charge in [0.2, 0.25) is 5.91 Å². The first-order chi connectivity index (χ1) is 8.55. The van der Waals surface area contributed by atoms with Crippen LogP contribution in [-0.2, 0) is 19.1 Å². The highest BCUT2D eigenvalue weighted by Crippen LogP contribution is 2.29. The first-order valence-electron chi connectivity index (χ1n) is 6.20. The number of hydrogen-bond acceptors (Lipinski definition) is 5. The Balaban J connectivity index is 2.72. The molecule has 1 unspecified atom stereocenters. The topological polar surface area (TPSA) is 90.6 Å². The van der Waals surface area contributed by atoms with Crippen molar-refractivity contribution in [1.29, 1.82) is 0 Å². The highest BCUT2D eigenvalue weighted by atomic mass is 16.5. The minimum atomic E-state index is -0.907. The van der Waals surface area contributed by atoms with Crippen LogP contribution in [0, 0.1) is 0 Å². The molecule has 3 N–H and O–H groups in total. The van der Waals surface area contributed by atoms with Crippen LogP contribution in [-0.4, -0.2) is 44.3 Å². The van der Waals surface area contributed by atoms with Crippen LogP contribution in [0.4, 0.5) is 0 Å². The number of nitrogens with two attached hydrogens (primary N) is 1. The van der Waals surface area contributed by atoms with Crippen LogP contribution >= 0.6 is 0 Å². The van der Waals surface area contributed by atoms with Gasteiger partial charge in [-0.05, 0) is 12.8 Å². The standard InChI is InChI=1S/C12H22N2O4/c1-17-8-9(13)10(15)14-12(11(16)18-2)6-4-3-5-7-12/h9H,3-8,13H2,1-2H3,(H,14,15). The fraction of sp³-hybridized carbons (Fsp3) is 0.833. The molecule has 0 spiro atoms. The molecule has 0 aromatic rings. The van der Waals surface area contributed by atoms with E-state index in [1.165, 1.54) is 14.2 Å². The van der Waals surface area contributed by atoms with Crippen LogP contribution in [0.3, 0.4) is 0 Å². The molecule has 1 amide bonds. The number of carbonyl (C=O) groups excluding carboxylic acids is 2. The van der Waals surface area contributed by atoms with Gasteiger partial charge in [-0.2, -0.15) is 0 Å². The summed E-state index contributed by atoms with van der Waals surface area (Å²) in [6, 6.07) is -0.765. The monoisotopic (exact) mass is 258 g/mol. The molecule has 1 aliphatic carbocycles. The fourth-order valence-electron chi connectivity index (χ4n) is 2.31. The van der Waals surface area contributed by atoms with Crippen LogP contribution in [0.1, 0.15) is 32.1 Å². The molecule has 1 aliphatic rings. The summed E-state index contributed by atoms with van der Waals surface area (Å²) in [6.45, 7) is 0.128. The van der Waals surface area contributed by atoms with Crippen molar-refractivity contribution in [2.75, 3.05) is 20.8 Å². The molecule has 6 nitrogen and oxygen atoms in total. The van der Waals surface area contributed by atoms with E-state index in [4.69, 9.17) is 15.2 Å². The maximum absolute atomic E-state index is 11.9. The molecule has 104 valence electrons. The number of ether oxygens (including phenoxy) is 2. The number of esters is 1. The number of nitrogens with one attached hydrogen (secondary N) is 1. The van der Waals surface area contributed by atoms with Crippen molar-refractivity contribution in [3.05, 3.63) is 0 Å². The van der Waals surface area contributed by atoms with Crippen LogP contribution in [0.25, 0.3) is 0 Å². The van der Waals surface area contributed by atoms with E-state index in [-0.39, 0.29) is 18.5 Å². The third kappa shape index (κ3) is 3.43. The second kappa shape index (κ2) is 6.70. The second-order valence-electron chi connectivity index (χ2n) is 4.69. The number of hydrogen-bond donors (Lipinski definition) is 2. The van der Waals surface area contributed by atoms with E-state index in [2.05, 4.69) is 5.32 Å². The fourth-order valence-corrected chi connectivity index (χ4v) is 2.31. The highest BCUT2D eigenvalue weighted by molar-refractivity contribution is 5.90. The van der Waals surface area contributed by atoms with Crippen LogP contribution in [0.5, 0.6) is 0 Å². The van der Waals surface area contributed by atoms with Crippen molar-refractivity contribution in [1.82, 2.24) is 5.32 Å². The largest absolute Gasteiger partial charge is 0.467 e. The molecule has 1 saturated carbocycles. The second-order valence-corrected chi connectivity index (χ2v) is 4.69. The van der Waals surface area contributed by atoms with Crippen molar-refractivity contribution in [3.8, 4) is 0 Å². The average molecular weight is 258 g/mol. The minimum absolute atomic E-state index is 0.128. The van der Waals surface area contributed by atoms with Gasteiger partial charge in [-0.25, -0.2) is 4.79 Å². The van der Waals surface area contributed by atoms with Gasteiger partial charge in [0.1, 0.15) is 11.6 Å². The Morgan fingerprint density at radius 2 is 1.89 bits per heavy atom. The Kier molecular flexibility index (Phi) is 5.55. The zero-order chi connectivity index (χ0) is 13.6. The lowest BCUT2D eigenvalue weighted by Crippen LogP contribution is -2.60. The van der Waals surface area contributed by atoms with Gasteiger partial charge in [0.25, 0.3) is 0 Å². The van der Waals surface area contributed by atoms with E-state index in [9.17, 15) is 9.59 Å². The molecule has 1 atom stereocenters. The number of rotatable bonds is 5. The lowest BCUT2D eigenvalue weighted by atomic mass is 9.81. The number of carbonyl (C=O) groups is 2. The quantitative estimate of drug-likeness (QED) is 0.675. The molecule has 1 rings (SSSR count). The third-order valence-electron chi connectivity index (χ3n) is 3.33. The molecular weight excluding hydrogens is 236 g/mol. The van der Waals surface area contributed by atoms with Crippen LogP contribution < -0.4 is 11.1 Å². The summed E-state index contributed by atoms with van der Waals surface area (Å²) in [4.78, 5) is 23.8. The third-order valence-corrected chi connectivity index (χ3v) is 3.33. The molecule has 1 fully saturated rings. The summed E-state index contributed by atoms with van der Waals surface area (Å²) in [6.07, 6.45) is 4.07. The molecule has 0 radical (unpaired) electrons. The van der Waals surface area contributed by atoms with Crippen LogP contribution in [0.2, 0.25) is 0 Å². The Hall–Kier alpha value is -1.14. The predicted molar refractivity (Wildman–Crippen MR) is 65.8 cm³/mol. The normalized spacial score (nSPS) is 19.9. The van der Waals surface area contributed by atoms with E-state index >= 15 is 0 Å². The summed E-state index contributed by atoms with van der Waals surface area (Å²) in [7, 11) is 2.81. The van der Waals surface area contributed by atoms with Gasteiger partial charge in [0.05, 0.1) is 13.7 Å². The van der Waals surface area contributed by atoms with Crippen molar-refractivity contribution in [2.45, 2.75) is 43.7 Å². The highest BCUT2D eigenvalue weighted by Gasteiger charge is 2.42. The van der Waals surface area contributed by atoms with Gasteiger partial charge < -0.3 is 20.5 Å². The summed E-state index contributed by atoms with van der Waals surface area (Å²) in [5.74, 6) is -0.760.